The quantitative estimate of drug-likeness (QED) is 0.499. The normalized spacial score (nSPS) is 20.7. The Kier molecular flexibility index (Phi) is 8.53. The lowest BCUT2D eigenvalue weighted by atomic mass is 10.0. The zero-order valence-electron chi connectivity index (χ0n) is 21.5. The minimum atomic E-state index is -0.210. The van der Waals surface area contributed by atoms with E-state index < -0.39 is 0 Å². The van der Waals surface area contributed by atoms with Crippen LogP contribution in [-0.4, -0.2) is 85.4 Å². The number of amides is 2. The largest absolute Gasteiger partial charge is 0.497 e. The number of hydrogen-bond donors (Lipinski definition) is 0. The van der Waals surface area contributed by atoms with E-state index >= 15 is 0 Å². The highest BCUT2D eigenvalue weighted by molar-refractivity contribution is 7.12. The lowest BCUT2D eigenvalue weighted by molar-refractivity contribution is -0.144. The van der Waals surface area contributed by atoms with Gasteiger partial charge in [-0.05, 0) is 42.0 Å². The first-order valence-corrected chi connectivity index (χ1v) is 14.2. The summed E-state index contributed by atoms with van der Waals surface area (Å²) < 4.78 is 10.8. The average Bonchev–Trinajstić information content (AvgIpc) is 3.73. The fourth-order valence-electron chi connectivity index (χ4n) is 5.44. The third-order valence-electron chi connectivity index (χ3n) is 7.60. The van der Waals surface area contributed by atoms with Gasteiger partial charge in [-0.2, -0.15) is 5.10 Å². The first-order valence-electron chi connectivity index (χ1n) is 13.3. The maximum atomic E-state index is 13.8. The highest BCUT2D eigenvalue weighted by atomic mass is 32.1. The van der Waals surface area contributed by atoms with E-state index in [1.54, 1.807) is 28.4 Å². The molecule has 3 aliphatic rings. The van der Waals surface area contributed by atoms with E-state index in [1.807, 2.05) is 41.8 Å². The summed E-state index contributed by atoms with van der Waals surface area (Å²) in [6.07, 6.45) is 4.65. The first kappa shape index (κ1) is 25.9. The van der Waals surface area contributed by atoms with E-state index in [1.165, 1.54) is 0 Å². The van der Waals surface area contributed by atoms with Gasteiger partial charge in [0.15, 0.2) is 0 Å². The van der Waals surface area contributed by atoms with Crippen molar-refractivity contribution in [3.05, 3.63) is 52.2 Å². The van der Waals surface area contributed by atoms with Crippen LogP contribution in [0.25, 0.3) is 0 Å². The maximum absolute atomic E-state index is 13.8. The number of nitrogens with zero attached hydrogens (tertiary/aromatic N) is 4. The molecule has 0 bridgehead atoms. The Labute approximate surface area is 222 Å². The molecule has 2 aliphatic heterocycles. The molecule has 0 radical (unpaired) electrons. The second-order valence-electron chi connectivity index (χ2n) is 9.95. The molecule has 5 rings (SSSR count). The van der Waals surface area contributed by atoms with E-state index in [-0.39, 0.29) is 30.3 Å². The van der Waals surface area contributed by atoms with Crippen molar-refractivity contribution >= 4 is 28.9 Å². The van der Waals surface area contributed by atoms with Crippen LogP contribution >= 0.6 is 11.3 Å². The Morgan fingerprint density at radius 1 is 1.14 bits per heavy atom. The molecule has 8 nitrogen and oxygen atoms in total. The topological polar surface area (TPSA) is 74.7 Å². The second-order valence-corrected chi connectivity index (χ2v) is 10.9. The molecule has 2 amide bonds. The minimum Gasteiger partial charge on any atom is -0.497 e. The number of benzene rings is 1. The Hall–Kier alpha value is -2.75. The molecular weight excluding hydrogens is 488 g/mol. The maximum Gasteiger partial charge on any atom is 0.262 e. The molecule has 3 heterocycles. The zero-order valence-corrected chi connectivity index (χ0v) is 22.3. The molecular formula is C28H36N4O4S. The van der Waals surface area contributed by atoms with Crippen molar-refractivity contribution in [2.45, 2.75) is 38.1 Å². The summed E-state index contributed by atoms with van der Waals surface area (Å²) in [4.78, 5) is 32.5. The van der Waals surface area contributed by atoms with Gasteiger partial charge in [-0.25, -0.2) is 5.01 Å². The van der Waals surface area contributed by atoms with Crippen molar-refractivity contribution < 1.29 is 19.1 Å². The predicted molar refractivity (Wildman–Crippen MR) is 144 cm³/mol. The minimum absolute atomic E-state index is 0.0265. The van der Waals surface area contributed by atoms with Crippen LogP contribution in [0.1, 0.15) is 48.6 Å². The van der Waals surface area contributed by atoms with Crippen LogP contribution in [-0.2, 0) is 14.3 Å². The standard InChI is InChI=1S/C28H36N4O4S/c1-35-23-10-8-21(9-11-23)25-19-24(26-7-4-18-37-26)29-32(25)27(33)20-31(28(34)22-5-2-3-6-22)13-12-30-14-16-36-17-15-30/h4,7-11,18,22,25H,2-3,5-6,12-17,19-20H2,1H3. The van der Waals surface area contributed by atoms with Crippen LogP contribution in [0.5, 0.6) is 5.75 Å². The molecule has 1 aromatic heterocycles. The molecule has 1 saturated carbocycles. The van der Waals surface area contributed by atoms with Crippen LogP contribution < -0.4 is 4.74 Å². The predicted octanol–water partition coefficient (Wildman–Crippen LogP) is 3.79. The van der Waals surface area contributed by atoms with E-state index in [9.17, 15) is 9.59 Å². The summed E-state index contributed by atoms with van der Waals surface area (Å²) in [5.41, 5.74) is 1.91. The van der Waals surface area contributed by atoms with Crippen molar-refractivity contribution in [1.82, 2.24) is 14.8 Å². The fraction of sp³-hybridized carbons (Fsp3) is 0.536. The molecule has 1 saturated heterocycles. The molecule has 1 unspecified atom stereocenters. The molecule has 37 heavy (non-hydrogen) atoms. The van der Waals surface area contributed by atoms with Crippen molar-refractivity contribution in [2.24, 2.45) is 11.0 Å². The van der Waals surface area contributed by atoms with Gasteiger partial charge in [0.1, 0.15) is 12.3 Å². The van der Waals surface area contributed by atoms with Crippen molar-refractivity contribution in [1.29, 1.82) is 0 Å². The third kappa shape index (κ3) is 6.22. The molecule has 9 heteroatoms. The lowest BCUT2D eigenvalue weighted by Gasteiger charge is -2.32. The van der Waals surface area contributed by atoms with Crippen molar-refractivity contribution in [3.8, 4) is 5.75 Å². The summed E-state index contributed by atoms with van der Waals surface area (Å²) in [5, 5.41) is 8.44. The molecule has 0 N–H and O–H groups in total. The molecule has 198 valence electrons. The highest BCUT2D eigenvalue weighted by Crippen LogP contribution is 2.35. The van der Waals surface area contributed by atoms with E-state index in [0.29, 0.717) is 26.2 Å². The summed E-state index contributed by atoms with van der Waals surface area (Å²) >= 11 is 1.63. The van der Waals surface area contributed by atoms with Crippen molar-refractivity contribution in [3.63, 3.8) is 0 Å². The zero-order chi connectivity index (χ0) is 25.6. The number of methoxy groups -OCH3 is 1. The summed E-state index contributed by atoms with van der Waals surface area (Å²) in [5.74, 6) is 0.775. The molecule has 1 atom stereocenters. The smallest absolute Gasteiger partial charge is 0.262 e. The molecule has 1 aliphatic carbocycles. The van der Waals surface area contributed by atoms with Crippen LogP contribution in [0.3, 0.4) is 0 Å². The SMILES string of the molecule is COc1ccc(C2CC(c3cccs3)=NN2C(=O)CN(CCN2CCOCC2)C(=O)C2CCCC2)cc1. The molecule has 2 aromatic rings. The Balaban J connectivity index is 1.35. The van der Waals surface area contributed by atoms with Gasteiger partial charge in [0.25, 0.3) is 5.91 Å². The third-order valence-corrected chi connectivity index (χ3v) is 8.52. The number of hydrazone groups is 1. The number of rotatable bonds is 9. The van der Waals surface area contributed by atoms with Crippen LogP contribution in [0, 0.1) is 5.92 Å². The van der Waals surface area contributed by atoms with Crippen LogP contribution in [0.15, 0.2) is 46.9 Å². The number of carbonyl (C=O) groups excluding carboxylic acids is 2. The monoisotopic (exact) mass is 524 g/mol. The number of hydrogen-bond acceptors (Lipinski definition) is 7. The van der Waals surface area contributed by atoms with Crippen LogP contribution in [0.2, 0.25) is 0 Å². The Morgan fingerprint density at radius 2 is 1.89 bits per heavy atom. The summed E-state index contributed by atoms with van der Waals surface area (Å²) in [6.45, 7) is 4.50. The average molecular weight is 525 g/mol. The fourth-order valence-corrected chi connectivity index (χ4v) is 6.16. The number of thiophene rings is 1. The van der Waals surface area contributed by atoms with Gasteiger partial charge in [-0.15, -0.1) is 11.3 Å². The highest BCUT2D eigenvalue weighted by Gasteiger charge is 2.36. The summed E-state index contributed by atoms with van der Waals surface area (Å²) in [6, 6.07) is 11.7. The van der Waals surface area contributed by atoms with Gasteiger partial charge in [-0.3, -0.25) is 14.5 Å². The second kappa shape index (κ2) is 12.2. The van der Waals surface area contributed by atoms with Gasteiger partial charge in [0.05, 0.1) is 37.0 Å². The summed E-state index contributed by atoms with van der Waals surface area (Å²) in [7, 11) is 1.64. The van der Waals surface area contributed by atoms with Gasteiger partial charge in [0.2, 0.25) is 5.91 Å². The van der Waals surface area contributed by atoms with Gasteiger partial charge < -0.3 is 14.4 Å². The Morgan fingerprint density at radius 3 is 2.57 bits per heavy atom. The van der Waals surface area contributed by atoms with Crippen LogP contribution in [0.4, 0.5) is 0 Å². The van der Waals surface area contributed by atoms with Gasteiger partial charge in [-0.1, -0.05) is 31.0 Å². The van der Waals surface area contributed by atoms with E-state index in [0.717, 1.165) is 67.2 Å². The Bertz CT molecular complexity index is 1080. The number of morpholine rings is 1. The van der Waals surface area contributed by atoms with E-state index in [4.69, 9.17) is 14.6 Å². The molecule has 2 fully saturated rings. The van der Waals surface area contributed by atoms with Crippen molar-refractivity contribution in [2.75, 3.05) is 53.0 Å². The molecule has 0 spiro atoms. The van der Waals surface area contributed by atoms with E-state index in [2.05, 4.69) is 4.90 Å². The lowest BCUT2D eigenvalue weighted by Crippen LogP contribution is -2.47. The van der Waals surface area contributed by atoms with Gasteiger partial charge in [0, 0.05) is 38.5 Å². The first-order chi connectivity index (χ1) is 18.1. The number of ether oxygens (including phenoxy) is 2. The number of carbonyl (C=O) groups is 2. The van der Waals surface area contributed by atoms with Gasteiger partial charge >= 0.3 is 0 Å². The molecule has 1 aromatic carbocycles.